The highest BCUT2D eigenvalue weighted by Gasteiger charge is 2.37. The Hall–Kier alpha value is -2.87. The first-order valence-corrected chi connectivity index (χ1v) is 9.73. The Kier molecular flexibility index (Phi) is 5.06. The summed E-state index contributed by atoms with van der Waals surface area (Å²) in [7, 11) is 0. The van der Waals surface area contributed by atoms with E-state index in [1.165, 1.54) is 0 Å². The van der Waals surface area contributed by atoms with Gasteiger partial charge in [-0.2, -0.15) is 0 Å². The molecule has 0 fully saturated rings. The quantitative estimate of drug-likeness (QED) is 0.506. The third kappa shape index (κ3) is 3.40. The summed E-state index contributed by atoms with van der Waals surface area (Å²) in [4.78, 5) is 13.4. The van der Waals surface area contributed by atoms with Crippen molar-refractivity contribution in [1.29, 1.82) is 0 Å². The van der Waals surface area contributed by atoms with Crippen molar-refractivity contribution in [1.82, 2.24) is 0 Å². The van der Waals surface area contributed by atoms with E-state index >= 15 is 0 Å². The van der Waals surface area contributed by atoms with E-state index in [4.69, 9.17) is 4.74 Å². The molecule has 0 saturated carbocycles. The SMILES string of the molecule is CCCCC(=O)C(c1ccccc1)C1c2ccccc2Oc2ccccc21. The lowest BCUT2D eigenvalue weighted by Gasteiger charge is -2.33. The predicted molar refractivity (Wildman–Crippen MR) is 109 cm³/mol. The van der Waals surface area contributed by atoms with Gasteiger partial charge in [-0.3, -0.25) is 4.79 Å². The van der Waals surface area contributed by atoms with Crippen molar-refractivity contribution < 1.29 is 9.53 Å². The fourth-order valence-corrected chi connectivity index (χ4v) is 4.04. The van der Waals surface area contributed by atoms with Crippen LogP contribution >= 0.6 is 0 Å². The number of Topliss-reactive ketones (excluding diaryl/α,β-unsaturated/α-hetero) is 1. The number of hydrogen-bond acceptors (Lipinski definition) is 2. The fourth-order valence-electron chi connectivity index (χ4n) is 4.04. The number of ether oxygens (including phenoxy) is 1. The molecular weight excluding hydrogens is 332 g/mol. The predicted octanol–water partition coefficient (Wildman–Crippen LogP) is 6.47. The van der Waals surface area contributed by atoms with Crippen LogP contribution in [0.3, 0.4) is 0 Å². The summed E-state index contributed by atoms with van der Waals surface area (Å²) in [5.41, 5.74) is 3.26. The van der Waals surface area contributed by atoms with Crippen molar-refractivity contribution in [2.24, 2.45) is 0 Å². The lowest BCUT2D eigenvalue weighted by Crippen LogP contribution is -2.24. The van der Waals surface area contributed by atoms with Crippen LogP contribution < -0.4 is 4.74 Å². The summed E-state index contributed by atoms with van der Waals surface area (Å²) >= 11 is 0. The number of carbonyl (C=O) groups is 1. The second-order valence-electron chi connectivity index (χ2n) is 7.11. The molecule has 0 bridgehead atoms. The summed E-state index contributed by atoms with van der Waals surface area (Å²) in [6, 6.07) is 26.4. The van der Waals surface area contributed by atoms with Crippen molar-refractivity contribution in [2.45, 2.75) is 38.0 Å². The average Bonchev–Trinajstić information content (AvgIpc) is 2.72. The maximum Gasteiger partial charge on any atom is 0.141 e. The van der Waals surface area contributed by atoms with Crippen molar-refractivity contribution in [3.05, 3.63) is 95.6 Å². The Balaban J connectivity index is 1.88. The van der Waals surface area contributed by atoms with Gasteiger partial charge in [-0.05, 0) is 24.1 Å². The summed E-state index contributed by atoms with van der Waals surface area (Å²) in [6.07, 6.45) is 2.56. The number of fused-ring (bicyclic) bond motifs is 2. The Morgan fingerprint density at radius 3 is 2.00 bits per heavy atom. The Labute approximate surface area is 160 Å². The number of ketones is 1. The largest absolute Gasteiger partial charge is 0.457 e. The number of unbranched alkanes of at least 4 members (excludes halogenated alkanes) is 1. The average molecular weight is 356 g/mol. The monoisotopic (exact) mass is 356 g/mol. The molecule has 1 aliphatic rings. The molecule has 0 radical (unpaired) electrons. The highest BCUT2D eigenvalue weighted by Crippen LogP contribution is 2.50. The van der Waals surface area contributed by atoms with E-state index in [0.717, 1.165) is 41.0 Å². The van der Waals surface area contributed by atoms with Crippen molar-refractivity contribution in [3.63, 3.8) is 0 Å². The second kappa shape index (κ2) is 7.79. The number of benzene rings is 3. The van der Waals surface area contributed by atoms with Gasteiger partial charge in [0, 0.05) is 23.5 Å². The molecule has 27 heavy (non-hydrogen) atoms. The molecule has 3 aromatic carbocycles. The standard InChI is InChI=1S/C25H24O2/c1-2-3-15-21(26)24(18-11-5-4-6-12-18)25-19-13-7-9-16-22(19)27-23-17-10-8-14-20(23)25/h4-14,16-17,24-25H,2-3,15H2,1H3. The van der Waals surface area contributed by atoms with Crippen molar-refractivity contribution in [2.75, 3.05) is 0 Å². The van der Waals surface area contributed by atoms with Gasteiger partial charge in [0.1, 0.15) is 17.3 Å². The molecule has 0 amide bonds. The number of rotatable bonds is 6. The highest BCUT2D eigenvalue weighted by molar-refractivity contribution is 5.88. The first-order valence-electron chi connectivity index (χ1n) is 9.73. The van der Waals surface area contributed by atoms with E-state index in [0.29, 0.717) is 12.2 Å². The van der Waals surface area contributed by atoms with E-state index in [9.17, 15) is 4.79 Å². The van der Waals surface area contributed by atoms with Crippen molar-refractivity contribution >= 4 is 5.78 Å². The molecule has 1 unspecified atom stereocenters. The minimum atomic E-state index is -0.205. The van der Waals surface area contributed by atoms with Crippen LogP contribution in [0.15, 0.2) is 78.9 Å². The Bertz CT molecular complexity index is 884. The van der Waals surface area contributed by atoms with E-state index in [1.807, 2.05) is 54.6 Å². The van der Waals surface area contributed by atoms with Crippen molar-refractivity contribution in [3.8, 4) is 11.5 Å². The Morgan fingerprint density at radius 1 is 0.852 bits per heavy atom. The summed E-state index contributed by atoms with van der Waals surface area (Å²) in [5.74, 6) is 1.78. The maximum atomic E-state index is 13.4. The van der Waals surface area contributed by atoms with Crippen LogP contribution in [0.1, 0.15) is 54.7 Å². The molecule has 0 spiro atoms. The normalized spacial score (nSPS) is 14.0. The molecule has 0 saturated heterocycles. The first-order chi connectivity index (χ1) is 13.3. The minimum absolute atomic E-state index is 0.0297. The van der Waals surface area contributed by atoms with Gasteiger partial charge in [0.25, 0.3) is 0 Å². The topological polar surface area (TPSA) is 26.3 Å². The van der Waals surface area contributed by atoms with Gasteiger partial charge in [-0.1, -0.05) is 80.1 Å². The maximum absolute atomic E-state index is 13.4. The van der Waals surface area contributed by atoms with Gasteiger partial charge in [-0.15, -0.1) is 0 Å². The number of para-hydroxylation sites is 2. The summed E-state index contributed by atoms with van der Waals surface area (Å²) in [5, 5.41) is 0. The molecule has 1 heterocycles. The molecule has 0 aromatic heterocycles. The summed E-state index contributed by atoms with van der Waals surface area (Å²) < 4.78 is 6.14. The minimum Gasteiger partial charge on any atom is -0.457 e. The van der Waals surface area contributed by atoms with E-state index in [2.05, 4.69) is 31.2 Å². The van der Waals surface area contributed by atoms with Gasteiger partial charge in [0.05, 0.1) is 5.92 Å². The molecule has 0 aliphatic carbocycles. The Morgan fingerprint density at radius 2 is 1.41 bits per heavy atom. The van der Waals surface area contributed by atoms with Crippen LogP contribution in [0, 0.1) is 0 Å². The zero-order chi connectivity index (χ0) is 18.6. The molecule has 1 atom stereocenters. The summed E-state index contributed by atoms with van der Waals surface area (Å²) in [6.45, 7) is 2.13. The zero-order valence-electron chi connectivity index (χ0n) is 15.6. The number of hydrogen-bond donors (Lipinski definition) is 0. The molecule has 2 heteroatoms. The molecule has 3 aromatic rings. The van der Waals surface area contributed by atoms with Gasteiger partial charge in [-0.25, -0.2) is 0 Å². The van der Waals surface area contributed by atoms with Crippen LogP contribution in [0.25, 0.3) is 0 Å². The lowest BCUT2D eigenvalue weighted by molar-refractivity contribution is -0.121. The van der Waals surface area contributed by atoms with Gasteiger partial charge in [0.2, 0.25) is 0 Å². The van der Waals surface area contributed by atoms with Crippen LogP contribution in [-0.2, 0) is 4.79 Å². The molecule has 0 N–H and O–H groups in total. The van der Waals surface area contributed by atoms with Crippen LogP contribution in [0.5, 0.6) is 11.5 Å². The van der Waals surface area contributed by atoms with Gasteiger partial charge in [0.15, 0.2) is 0 Å². The van der Waals surface area contributed by atoms with E-state index in [-0.39, 0.29) is 11.8 Å². The second-order valence-corrected chi connectivity index (χ2v) is 7.11. The third-order valence-electron chi connectivity index (χ3n) is 5.34. The van der Waals surface area contributed by atoms with Gasteiger partial charge < -0.3 is 4.74 Å². The van der Waals surface area contributed by atoms with Crippen LogP contribution in [-0.4, -0.2) is 5.78 Å². The zero-order valence-corrected chi connectivity index (χ0v) is 15.6. The molecule has 136 valence electrons. The van der Waals surface area contributed by atoms with Crippen LogP contribution in [0.4, 0.5) is 0 Å². The molecule has 4 rings (SSSR count). The molecule has 2 nitrogen and oxygen atoms in total. The molecular formula is C25H24O2. The smallest absolute Gasteiger partial charge is 0.141 e. The molecule has 1 aliphatic heterocycles. The number of carbonyl (C=O) groups excluding carboxylic acids is 1. The lowest BCUT2D eigenvalue weighted by atomic mass is 9.73. The third-order valence-corrected chi connectivity index (χ3v) is 5.34. The van der Waals surface area contributed by atoms with Crippen LogP contribution in [0.2, 0.25) is 0 Å². The van der Waals surface area contributed by atoms with E-state index in [1.54, 1.807) is 0 Å². The van der Waals surface area contributed by atoms with E-state index < -0.39 is 0 Å². The van der Waals surface area contributed by atoms with Gasteiger partial charge >= 0.3 is 0 Å². The highest BCUT2D eigenvalue weighted by atomic mass is 16.5. The first kappa shape index (κ1) is 17.5. The fraction of sp³-hybridized carbons (Fsp3) is 0.240.